The number of rotatable bonds is 4. The summed E-state index contributed by atoms with van der Waals surface area (Å²) in [7, 11) is 0. The molecule has 2 amide bonds. The number of carbonyl (C=O) groups is 1. The van der Waals surface area contributed by atoms with Crippen molar-refractivity contribution in [3.63, 3.8) is 0 Å². The van der Waals surface area contributed by atoms with Gasteiger partial charge in [-0.3, -0.25) is 0 Å². The van der Waals surface area contributed by atoms with Crippen molar-refractivity contribution < 1.29 is 9.18 Å². The molecule has 1 aliphatic rings. The smallest absolute Gasteiger partial charge is 0.317 e. The van der Waals surface area contributed by atoms with Gasteiger partial charge in [-0.25, -0.2) is 9.18 Å². The zero-order valence-electron chi connectivity index (χ0n) is 14.6. The van der Waals surface area contributed by atoms with E-state index in [0.29, 0.717) is 11.5 Å². The first-order valence-electron chi connectivity index (χ1n) is 8.91. The molecule has 2 aromatic rings. The summed E-state index contributed by atoms with van der Waals surface area (Å²) in [5.41, 5.74) is 2.00. The second kappa shape index (κ2) is 8.48. The SMILES string of the molecule is N#Cc1ccc(CNC(=O)N2CCC(Cc3ccccc3)CC2)c(F)c1. The molecular formula is C21H22FN3O. The van der Waals surface area contributed by atoms with Crippen LogP contribution in [0.1, 0.15) is 29.5 Å². The fourth-order valence-electron chi connectivity index (χ4n) is 3.33. The average molecular weight is 351 g/mol. The number of hydrogen-bond donors (Lipinski definition) is 1. The second-order valence-corrected chi connectivity index (χ2v) is 6.70. The van der Waals surface area contributed by atoms with Crippen molar-refractivity contribution in [1.29, 1.82) is 5.26 Å². The van der Waals surface area contributed by atoms with E-state index in [1.54, 1.807) is 17.0 Å². The van der Waals surface area contributed by atoms with Gasteiger partial charge in [0, 0.05) is 25.2 Å². The molecule has 0 bridgehead atoms. The van der Waals surface area contributed by atoms with Crippen molar-refractivity contribution in [3.8, 4) is 6.07 Å². The summed E-state index contributed by atoms with van der Waals surface area (Å²) < 4.78 is 13.9. The van der Waals surface area contributed by atoms with Gasteiger partial charge in [-0.1, -0.05) is 36.4 Å². The molecule has 1 N–H and O–H groups in total. The van der Waals surface area contributed by atoms with Gasteiger partial charge in [0.15, 0.2) is 0 Å². The van der Waals surface area contributed by atoms with Crippen LogP contribution in [0.25, 0.3) is 0 Å². The van der Waals surface area contributed by atoms with Crippen LogP contribution >= 0.6 is 0 Å². The Labute approximate surface area is 153 Å². The third-order valence-electron chi connectivity index (χ3n) is 4.88. The number of nitrogens with one attached hydrogen (secondary N) is 1. The summed E-state index contributed by atoms with van der Waals surface area (Å²) in [6.07, 6.45) is 3.01. The maximum atomic E-state index is 13.9. The molecule has 0 aliphatic carbocycles. The highest BCUT2D eigenvalue weighted by Gasteiger charge is 2.22. The minimum absolute atomic E-state index is 0.125. The molecule has 1 heterocycles. The molecule has 0 spiro atoms. The number of carbonyl (C=O) groups excluding carboxylic acids is 1. The maximum Gasteiger partial charge on any atom is 0.317 e. The topological polar surface area (TPSA) is 56.1 Å². The summed E-state index contributed by atoms with van der Waals surface area (Å²) in [4.78, 5) is 14.1. The molecule has 134 valence electrons. The Morgan fingerprint density at radius 2 is 1.92 bits per heavy atom. The van der Waals surface area contributed by atoms with E-state index >= 15 is 0 Å². The van der Waals surface area contributed by atoms with Gasteiger partial charge in [0.2, 0.25) is 0 Å². The lowest BCUT2D eigenvalue weighted by Crippen LogP contribution is -2.44. The van der Waals surface area contributed by atoms with Crippen molar-refractivity contribution in [2.45, 2.75) is 25.8 Å². The summed E-state index contributed by atoms with van der Waals surface area (Å²) in [6, 6.07) is 16.4. The second-order valence-electron chi connectivity index (χ2n) is 6.70. The molecule has 0 aromatic heterocycles. The summed E-state index contributed by atoms with van der Waals surface area (Å²) >= 11 is 0. The number of halogens is 1. The Hall–Kier alpha value is -2.87. The standard InChI is InChI=1S/C21H22FN3O/c22-20-13-18(14-23)6-7-19(20)15-24-21(26)25-10-8-17(9-11-25)12-16-4-2-1-3-5-16/h1-7,13,17H,8-12,15H2,(H,24,26). The quantitative estimate of drug-likeness (QED) is 0.909. The van der Waals surface area contributed by atoms with Gasteiger partial charge in [0.1, 0.15) is 5.82 Å². The van der Waals surface area contributed by atoms with Crippen LogP contribution < -0.4 is 5.32 Å². The highest BCUT2D eigenvalue weighted by Crippen LogP contribution is 2.21. The van der Waals surface area contributed by atoms with Crippen LogP contribution in [0.15, 0.2) is 48.5 Å². The first-order valence-corrected chi connectivity index (χ1v) is 8.91. The first-order chi connectivity index (χ1) is 12.7. The van der Waals surface area contributed by atoms with Crippen LogP contribution in [0, 0.1) is 23.1 Å². The Kier molecular flexibility index (Phi) is 5.85. The van der Waals surface area contributed by atoms with Crippen LogP contribution in [-0.4, -0.2) is 24.0 Å². The Morgan fingerprint density at radius 1 is 1.19 bits per heavy atom. The number of benzene rings is 2. The highest BCUT2D eigenvalue weighted by molar-refractivity contribution is 5.74. The zero-order valence-corrected chi connectivity index (χ0v) is 14.6. The average Bonchev–Trinajstić information content (AvgIpc) is 2.68. The minimum atomic E-state index is -0.467. The number of nitrogens with zero attached hydrogens (tertiary/aromatic N) is 2. The molecule has 0 saturated carbocycles. The Bertz CT molecular complexity index is 793. The maximum absolute atomic E-state index is 13.9. The molecule has 4 nitrogen and oxygen atoms in total. The third kappa shape index (κ3) is 4.60. The number of amides is 2. The van der Waals surface area contributed by atoms with E-state index < -0.39 is 5.82 Å². The van der Waals surface area contributed by atoms with Gasteiger partial charge in [0.05, 0.1) is 11.6 Å². The summed E-state index contributed by atoms with van der Waals surface area (Å²) in [5.74, 6) is 0.128. The predicted molar refractivity (Wildman–Crippen MR) is 97.8 cm³/mol. The van der Waals surface area contributed by atoms with Crippen LogP contribution in [0.4, 0.5) is 9.18 Å². The molecule has 1 saturated heterocycles. The van der Waals surface area contributed by atoms with E-state index in [0.717, 1.165) is 32.4 Å². The molecule has 3 rings (SSSR count). The third-order valence-corrected chi connectivity index (χ3v) is 4.88. The number of hydrogen-bond acceptors (Lipinski definition) is 2. The first kappa shape index (κ1) is 17.9. The van der Waals surface area contributed by atoms with Crippen molar-refractivity contribution in [2.24, 2.45) is 5.92 Å². The lowest BCUT2D eigenvalue weighted by Gasteiger charge is -2.32. The molecule has 0 unspecified atom stereocenters. The lowest BCUT2D eigenvalue weighted by molar-refractivity contribution is 0.170. The van der Waals surface area contributed by atoms with Crippen LogP contribution in [0.2, 0.25) is 0 Å². The number of urea groups is 1. The molecule has 5 heteroatoms. The van der Waals surface area contributed by atoms with E-state index in [-0.39, 0.29) is 18.1 Å². The summed E-state index contributed by atoms with van der Waals surface area (Å²) in [6.45, 7) is 1.57. The van der Waals surface area contributed by atoms with E-state index in [2.05, 4.69) is 29.6 Å². The zero-order chi connectivity index (χ0) is 18.4. The van der Waals surface area contributed by atoms with Crippen molar-refractivity contribution in [2.75, 3.05) is 13.1 Å². The molecule has 26 heavy (non-hydrogen) atoms. The van der Waals surface area contributed by atoms with E-state index in [4.69, 9.17) is 5.26 Å². The largest absolute Gasteiger partial charge is 0.334 e. The number of likely N-dealkylation sites (tertiary alicyclic amines) is 1. The Morgan fingerprint density at radius 3 is 2.58 bits per heavy atom. The van der Waals surface area contributed by atoms with Crippen LogP contribution in [0.5, 0.6) is 0 Å². The van der Waals surface area contributed by atoms with E-state index in [1.807, 2.05) is 12.1 Å². The molecule has 1 aliphatic heterocycles. The monoisotopic (exact) mass is 351 g/mol. The van der Waals surface area contributed by atoms with Gasteiger partial charge in [0.25, 0.3) is 0 Å². The van der Waals surface area contributed by atoms with Crippen LogP contribution in [0.3, 0.4) is 0 Å². The van der Waals surface area contributed by atoms with Crippen molar-refractivity contribution in [1.82, 2.24) is 10.2 Å². The Balaban J connectivity index is 1.46. The normalized spacial score (nSPS) is 14.7. The fourth-order valence-corrected chi connectivity index (χ4v) is 3.33. The van der Waals surface area contributed by atoms with E-state index in [1.165, 1.54) is 11.6 Å². The van der Waals surface area contributed by atoms with Crippen molar-refractivity contribution >= 4 is 6.03 Å². The number of nitriles is 1. The van der Waals surface area contributed by atoms with E-state index in [9.17, 15) is 9.18 Å². The molecular weight excluding hydrogens is 329 g/mol. The van der Waals surface area contributed by atoms with Gasteiger partial charge < -0.3 is 10.2 Å². The highest BCUT2D eigenvalue weighted by atomic mass is 19.1. The number of piperidine rings is 1. The van der Waals surface area contributed by atoms with Gasteiger partial charge in [-0.05, 0) is 42.9 Å². The lowest BCUT2D eigenvalue weighted by atomic mass is 9.90. The van der Waals surface area contributed by atoms with Crippen molar-refractivity contribution in [3.05, 3.63) is 71.0 Å². The predicted octanol–water partition coefficient (Wildman–Crippen LogP) is 3.86. The molecule has 0 radical (unpaired) electrons. The molecule has 1 fully saturated rings. The molecule has 2 aromatic carbocycles. The fraction of sp³-hybridized carbons (Fsp3) is 0.333. The molecule has 0 atom stereocenters. The van der Waals surface area contributed by atoms with Gasteiger partial charge >= 0.3 is 6.03 Å². The van der Waals surface area contributed by atoms with Gasteiger partial charge in [-0.2, -0.15) is 5.26 Å². The minimum Gasteiger partial charge on any atom is -0.334 e. The summed E-state index contributed by atoms with van der Waals surface area (Å²) in [5, 5.41) is 11.5. The van der Waals surface area contributed by atoms with Gasteiger partial charge in [-0.15, -0.1) is 0 Å². The van der Waals surface area contributed by atoms with Crippen LogP contribution in [-0.2, 0) is 13.0 Å².